The molecule has 5 heteroatoms. The van der Waals surface area contributed by atoms with Crippen LogP contribution in [-0.4, -0.2) is 35.7 Å². The number of cyclic esters (lactones) is 1. The minimum Gasteiger partial charge on any atom is -0.447 e. The Labute approximate surface area is 206 Å². The molecule has 0 bridgehead atoms. The van der Waals surface area contributed by atoms with Crippen molar-refractivity contribution in [3.63, 3.8) is 0 Å². The maximum Gasteiger partial charge on any atom is 0.417 e. The van der Waals surface area contributed by atoms with E-state index >= 15 is 0 Å². The number of benzene rings is 4. The molecule has 1 atom stereocenters. The van der Waals surface area contributed by atoms with Gasteiger partial charge in [-0.3, -0.25) is 4.79 Å². The van der Waals surface area contributed by atoms with Crippen LogP contribution in [0.4, 0.5) is 4.79 Å². The number of imide groups is 1. The Balaban J connectivity index is 1.58. The molecule has 0 radical (unpaired) electrons. The van der Waals surface area contributed by atoms with E-state index in [1.54, 1.807) is 0 Å². The van der Waals surface area contributed by atoms with E-state index < -0.39 is 13.4 Å². The van der Waals surface area contributed by atoms with Gasteiger partial charge in [0.2, 0.25) is 0 Å². The smallest absolute Gasteiger partial charge is 0.417 e. The van der Waals surface area contributed by atoms with Crippen LogP contribution in [0.15, 0.2) is 121 Å². The minimum atomic E-state index is -2.40. The summed E-state index contributed by atoms with van der Waals surface area (Å²) >= 11 is 0. The standard InChI is InChI=1S/C30H27NO3P/c32-29(31-25(22-34-30(31)33)21-24-13-5-1-6-14-24)23-35(26-15-7-2-8-16-26,27-17-9-3-10-18-27)28-19-11-4-12-20-28/h1-20,25H,21-23H2/q+1/t25-/m0/s1. The molecule has 0 N–H and O–H groups in total. The van der Waals surface area contributed by atoms with Crippen molar-refractivity contribution in [3.05, 3.63) is 127 Å². The molecule has 1 saturated heterocycles. The molecule has 0 saturated carbocycles. The van der Waals surface area contributed by atoms with Gasteiger partial charge in [0.05, 0.1) is 6.04 Å². The van der Waals surface area contributed by atoms with Crippen molar-refractivity contribution in [3.8, 4) is 0 Å². The van der Waals surface area contributed by atoms with Gasteiger partial charge >= 0.3 is 6.09 Å². The zero-order valence-electron chi connectivity index (χ0n) is 19.4. The lowest BCUT2D eigenvalue weighted by molar-refractivity contribution is -0.126. The van der Waals surface area contributed by atoms with E-state index in [-0.39, 0.29) is 24.7 Å². The van der Waals surface area contributed by atoms with Crippen LogP contribution >= 0.6 is 7.26 Å². The Morgan fingerprint density at radius 2 is 1.14 bits per heavy atom. The summed E-state index contributed by atoms with van der Waals surface area (Å²) < 4.78 is 5.38. The summed E-state index contributed by atoms with van der Waals surface area (Å²) in [6.45, 7) is 0.215. The first-order valence-electron chi connectivity index (χ1n) is 11.8. The number of carbonyl (C=O) groups is 2. The lowest BCUT2D eigenvalue weighted by Gasteiger charge is -2.29. The third-order valence-corrected chi connectivity index (χ3v) is 10.8. The summed E-state index contributed by atoms with van der Waals surface area (Å²) in [5.74, 6) is -0.196. The van der Waals surface area contributed by atoms with Crippen LogP contribution in [0.3, 0.4) is 0 Å². The molecule has 1 aliphatic rings. The molecule has 1 heterocycles. The van der Waals surface area contributed by atoms with Crippen molar-refractivity contribution in [2.24, 2.45) is 0 Å². The number of amides is 2. The SMILES string of the molecule is O=C(C[P+](c1ccccc1)(c1ccccc1)c1ccccc1)N1C(=O)OC[C@@H]1Cc1ccccc1. The molecule has 0 aliphatic carbocycles. The Kier molecular flexibility index (Phi) is 6.74. The predicted molar refractivity (Wildman–Crippen MR) is 142 cm³/mol. The minimum absolute atomic E-state index is 0.196. The van der Waals surface area contributed by atoms with Gasteiger partial charge in [-0.1, -0.05) is 84.9 Å². The molecule has 4 aromatic rings. The highest BCUT2D eigenvalue weighted by molar-refractivity contribution is 7.96. The Morgan fingerprint density at radius 1 is 0.714 bits per heavy atom. The van der Waals surface area contributed by atoms with Gasteiger partial charge in [0.25, 0.3) is 5.91 Å². The van der Waals surface area contributed by atoms with E-state index in [1.807, 2.05) is 84.9 Å². The molecular formula is C30H27NO3P+. The summed E-state index contributed by atoms with van der Waals surface area (Å²) in [6.07, 6.45) is 0.236. The van der Waals surface area contributed by atoms with Crippen molar-refractivity contribution in [2.45, 2.75) is 12.5 Å². The van der Waals surface area contributed by atoms with E-state index in [4.69, 9.17) is 4.74 Å². The van der Waals surface area contributed by atoms with Crippen LogP contribution < -0.4 is 15.9 Å². The largest absolute Gasteiger partial charge is 0.447 e. The quantitative estimate of drug-likeness (QED) is 0.364. The molecule has 35 heavy (non-hydrogen) atoms. The summed E-state index contributed by atoms with van der Waals surface area (Å²) in [4.78, 5) is 28.2. The van der Waals surface area contributed by atoms with Gasteiger partial charge in [-0.2, -0.15) is 0 Å². The van der Waals surface area contributed by atoms with Gasteiger partial charge in [-0.25, -0.2) is 9.69 Å². The lowest BCUT2D eigenvalue weighted by atomic mass is 10.1. The Hall–Kier alpha value is -3.75. The van der Waals surface area contributed by atoms with Crippen molar-refractivity contribution in [2.75, 3.05) is 12.8 Å². The molecule has 1 fully saturated rings. The van der Waals surface area contributed by atoms with Gasteiger partial charge in [0.1, 0.15) is 29.8 Å². The van der Waals surface area contributed by atoms with Gasteiger partial charge in [0, 0.05) is 0 Å². The number of carbonyl (C=O) groups excluding carboxylic acids is 2. The zero-order valence-corrected chi connectivity index (χ0v) is 20.3. The van der Waals surface area contributed by atoms with Crippen molar-refractivity contribution in [1.29, 1.82) is 0 Å². The van der Waals surface area contributed by atoms with E-state index in [1.165, 1.54) is 4.90 Å². The summed E-state index contributed by atoms with van der Waals surface area (Å²) in [7, 11) is -2.40. The summed E-state index contributed by atoms with van der Waals surface area (Å²) in [6, 6.07) is 40.3. The number of hydrogen-bond donors (Lipinski definition) is 0. The van der Waals surface area contributed by atoms with Crippen molar-refractivity contribution in [1.82, 2.24) is 4.90 Å². The second kappa shape index (κ2) is 10.2. The first-order chi connectivity index (χ1) is 17.2. The molecule has 0 unspecified atom stereocenters. The number of rotatable bonds is 7. The molecular weight excluding hydrogens is 453 g/mol. The number of hydrogen-bond acceptors (Lipinski definition) is 3. The fourth-order valence-corrected chi connectivity index (χ4v) is 8.89. The first-order valence-corrected chi connectivity index (χ1v) is 13.7. The summed E-state index contributed by atoms with van der Waals surface area (Å²) in [5, 5.41) is 3.33. The lowest BCUT2D eigenvalue weighted by Crippen LogP contribution is -2.45. The third-order valence-electron chi connectivity index (χ3n) is 6.51. The van der Waals surface area contributed by atoms with Gasteiger partial charge < -0.3 is 4.74 Å². The van der Waals surface area contributed by atoms with E-state index in [0.29, 0.717) is 6.42 Å². The average molecular weight is 481 g/mol. The third kappa shape index (κ3) is 4.62. The van der Waals surface area contributed by atoms with Gasteiger partial charge in [-0.05, 0) is 48.4 Å². The second-order valence-corrected chi connectivity index (χ2v) is 12.1. The molecule has 1 aliphatic heterocycles. The topological polar surface area (TPSA) is 46.6 Å². The van der Waals surface area contributed by atoms with Crippen LogP contribution in [0.2, 0.25) is 0 Å². The second-order valence-electron chi connectivity index (χ2n) is 8.66. The first kappa shape index (κ1) is 23.0. The maximum absolute atomic E-state index is 14.0. The fourth-order valence-electron chi connectivity index (χ4n) is 4.85. The molecule has 0 aromatic heterocycles. The van der Waals surface area contributed by atoms with Gasteiger partial charge in [-0.15, -0.1) is 0 Å². The van der Waals surface area contributed by atoms with Crippen molar-refractivity contribution >= 4 is 35.2 Å². The molecule has 4 nitrogen and oxygen atoms in total. The zero-order chi connectivity index (χ0) is 24.1. The average Bonchev–Trinajstić information content (AvgIpc) is 3.29. The molecule has 0 spiro atoms. The Bertz CT molecular complexity index is 1180. The number of ether oxygens (including phenoxy) is 1. The normalized spacial score (nSPS) is 15.6. The maximum atomic E-state index is 14.0. The highest BCUT2D eigenvalue weighted by Gasteiger charge is 2.50. The highest BCUT2D eigenvalue weighted by atomic mass is 31.2. The van der Waals surface area contributed by atoms with Crippen LogP contribution in [0.1, 0.15) is 5.56 Å². The van der Waals surface area contributed by atoms with Crippen LogP contribution in [0.5, 0.6) is 0 Å². The Morgan fingerprint density at radius 3 is 1.60 bits per heavy atom. The van der Waals surface area contributed by atoms with Crippen LogP contribution in [0.25, 0.3) is 0 Å². The number of nitrogens with zero attached hydrogens (tertiary/aromatic N) is 1. The van der Waals surface area contributed by atoms with Crippen molar-refractivity contribution < 1.29 is 14.3 Å². The molecule has 174 valence electrons. The molecule has 4 aromatic carbocycles. The van der Waals surface area contributed by atoms with E-state index in [2.05, 4.69) is 36.4 Å². The van der Waals surface area contributed by atoms with E-state index in [9.17, 15) is 9.59 Å². The summed E-state index contributed by atoms with van der Waals surface area (Å²) in [5.41, 5.74) is 1.07. The molecule has 2 amide bonds. The fraction of sp³-hybridized carbons (Fsp3) is 0.133. The predicted octanol–water partition coefficient (Wildman–Crippen LogP) is 4.57. The highest BCUT2D eigenvalue weighted by Crippen LogP contribution is 2.55. The van der Waals surface area contributed by atoms with Gasteiger partial charge in [0.15, 0.2) is 6.16 Å². The molecule has 5 rings (SSSR count). The van der Waals surface area contributed by atoms with E-state index in [0.717, 1.165) is 21.5 Å². The monoisotopic (exact) mass is 480 g/mol. The van der Waals surface area contributed by atoms with Crippen LogP contribution in [-0.2, 0) is 16.0 Å². The van der Waals surface area contributed by atoms with Crippen LogP contribution in [0, 0.1) is 0 Å².